The molecule has 1 heterocycles. The number of halogens is 1. The van der Waals surface area contributed by atoms with E-state index in [2.05, 4.69) is 50.4 Å². The molecule has 0 spiro atoms. The molecule has 1 unspecified atom stereocenters. The highest BCUT2D eigenvalue weighted by atomic mass is 35.5. The molecule has 0 aliphatic rings. The van der Waals surface area contributed by atoms with Crippen molar-refractivity contribution >= 4 is 11.6 Å². The van der Waals surface area contributed by atoms with Gasteiger partial charge in [-0.25, -0.2) is 0 Å². The van der Waals surface area contributed by atoms with E-state index in [9.17, 15) is 0 Å². The van der Waals surface area contributed by atoms with Gasteiger partial charge in [-0.15, -0.1) is 0 Å². The normalized spacial score (nSPS) is 13.4. The zero-order valence-corrected chi connectivity index (χ0v) is 14.2. The molecule has 3 nitrogen and oxygen atoms in total. The molecule has 0 aliphatic carbocycles. The molecule has 1 aromatic carbocycles. The van der Waals surface area contributed by atoms with E-state index in [1.165, 1.54) is 5.56 Å². The Balaban J connectivity index is 2.12. The van der Waals surface area contributed by atoms with Gasteiger partial charge in [-0.3, -0.25) is 4.68 Å². The Morgan fingerprint density at radius 3 is 2.57 bits per heavy atom. The molecule has 2 rings (SSSR count). The number of aryl methyl sites for hydroxylation is 1. The van der Waals surface area contributed by atoms with E-state index in [1.807, 2.05) is 29.9 Å². The molecule has 1 aromatic heterocycles. The predicted octanol–water partition coefficient (Wildman–Crippen LogP) is 4.22. The fraction of sp³-hybridized carbons (Fsp3) is 0.471. The van der Waals surface area contributed by atoms with E-state index >= 15 is 0 Å². The molecule has 4 heteroatoms. The molecule has 21 heavy (non-hydrogen) atoms. The van der Waals surface area contributed by atoms with Gasteiger partial charge in [-0.1, -0.05) is 50.6 Å². The summed E-state index contributed by atoms with van der Waals surface area (Å²) >= 11 is 6.25. The summed E-state index contributed by atoms with van der Waals surface area (Å²) in [6, 6.07) is 8.17. The van der Waals surface area contributed by atoms with Crippen molar-refractivity contribution in [2.24, 2.45) is 7.05 Å². The first-order chi connectivity index (χ1) is 9.79. The standard InChI is InChI=1S/C17H24ClN3/c1-12(14-8-6-7-9-15(14)18)19-10-13-11-21(5)20-16(13)17(2,3)4/h6-9,11-12,19H,10H2,1-5H3. The summed E-state index contributed by atoms with van der Waals surface area (Å²) in [5.74, 6) is 0. The summed E-state index contributed by atoms with van der Waals surface area (Å²) in [5.41, 5.74) is 3.56. The Bertz CT molecular complexity index is 611. The van der Waals surface area contributed by atoms with Gasteiger partial charge in [0.05, 0.1) is 5.69 Å². The molecular weight excluding hydrogens is 282 g/mol. The van der Waals surface area contributed by atoms with Gasteiger partial charge in [-0.05, 0) is 18.6 Å². The molecule has 0 aliphatic heterocycles. The van der Waals surface area contributed by atoms with Gasteiger partial charge in [0.15, 0.2) is 0 Å². The fourth-order valence-corrected chi connectivity index (χ4v) is 2.80. The molecule has 0 radical (unpaired) electrons. The van der Waals surface area contributed by atoms with Crippen LogP contribution in [0.1, 0.15) is 50.6 Å². The zero-order valence-electron chi connectivity index (χ0n) is 13.4. The Morgan fingerprint density at radius 2 is 1.95 bits per heavy atom. The lowest BCUT2D eigenvalue weighted by Crippen LogP contribution is -2.21. The molecule has 0 saturated heterocycles. The highest BCUT2D eigenvalue weighted by molar-refractivity contribution is 6.31. The van der Waals surface area contributed by atoms with Crippen LogP contribution in [0, 0.1) is 0 Å². The van der Waals surface area contributed by atoms with Crippen molar-refractivity contribution in [3.8, 4) is 0 Å². The lowest BCUT2D eigenvalue weighted by atomic mass is 9.89. The van der Waals surface area contributed by atoms with Crippen molar-refractivity contribution in [3.63, 3.8) is 0 Å². The maximum Gasteiger partial charge on any atom is 0.0722 e. The zero-order chi connectivity index (χ0) is 15.6. The van der Waals surface area contributed by atoms with Crippen molar-refractivity contribution in [3.05, 3.63) is 52.3 Å². The molecule has 0 amide bonds. The van der Waals surface area contributed by atoms with E-state index in [-0.39, 0.29) is 11.5 Å². The molecular formula is C17H24ClN3. The first kappa shape index (κ1) is 16.1. The average molecular weight is 306 g/mol. The summed E-state index contributed by atoms with van der Waals surface area (Å²) in [4.78, 5) is 0. The van der Waals surface area contributed by atoms with Crippen LogP contribution in [-0.2, 0) is 19.0 Å². The van der Waals surface area contributed by atoms with Crippen molar-refractivity contribution in [2.45, 2.75) is 45.7 Å². The monoisotopic (exact) mass is 305 g/mol. The van der Waals surface area contributed by atoms with Crippen LogP contribution in [0.5, 0.6) is 0 Å². The van der Waals surface area contributed by atoms with E-state index in [4.69, 9.17) is 11.6 Å². The number of aromatic nitrogens is 2. The Hall–Kier alpha value is -1.32. The predicted molar refractivity (Wildman–Crippen MR) is 88.6 cm³/mol. The van der Waals surface area contributed by atoms with Crippen LogP contribution in [0.3, 0.4) is 0 Å². The van der Waals surface area contributed by atoms with Gasteiger partial charge >= 0.3 is 0 Å². The van der Waals surface area contributed by atoms with Crippen LogP contribution in [0.15, 0.2) is 30.5 Å². The minimum Gasteiger partial charge on any atom is -0.306 e. The number of nitrogens with one attached hydrogen (secondary N) is 1. The van der Waals surface area contributed by atoms with Crippen LogP contribution in [0.25, 0.3) is 0 Å². The maximum absolute atomic E-state index is 6.25. The van der Waals surface area contributed by atoms with E-state index in [0.29, 0.717) is 0 Å². The molecule has 1 N–H and O–H groups in total. The molecule has 0 fully saturated rings. The number of nitrogens with zero attached hydrogens (tertiary/aromatic N) is 2. The summed E-state index contributed by atoms with van der Waals surface area (Å²) in [7, 11) is 1.97. The maximum atomic E-state index is 6.25. The van der Waals surface area contributed by atoms with Crippen molar-refractivity contribution in [2.75, 3.05) is 0 Å². The van der Waals surface area contributed by atoms with Crippen LogP contribution in [-0.4, -0.2) is 9.78 Å². The van der Waals surface area contributed by atoms with E-state index < -0.39 is 0 Å². The number of rotatable bonds is 4. The Morgan fingerprint density at radius 1 is 1.29 bits per heavy atom. The summed E-state index contributed by atoms with van der Waals surface area (Å²) in [6.07, 6.45) is 2.09. The second-order valence-electron chi connectivity index (χ2n) is 6.55. The minimum atomic E-state index is 0.0475. The summed E-state index contributed by atoms with van der Waals surface area (Å²) < 4.78 is 1.89. The van der Waals surface area contributed by atoms with Gasteiger partial charge in [0, 0.05) is 41.8 Å². The van der Waals surface area contributed by atoms with Gasteiger partial charge in [-0.2, -0.15) is 5.10 Å². The second-order valence-corrected chi connectivity index (χ2v) is 6.96. The topological polar surface area (TPSA) is 29.9 Å². The molecule has 2 aromatic rings. The van der Waals surface area contributed by atoms with Crippen LogP contribution < -0.4 is 5.32 Å². The van der Waals surface area contributed by atoms with Gasteiger partial charge in [0.2, 0.25) is 0 Å². The largest absolute Gasteiger partial charge is 0.306 e. The molecule has 0 saturated carbocycles. The third-order valence-corrected chi connectivity index (χ3v) is 3.93. The van der Waals surface area contributed by atoms with Crippen LogP contribution >= 0.6 is 11.6 Å². The fourth-order valence-electron chi connectivity index (χ4n) is 2.50. The SMILES string of the molecule is CC(NCc1cn(C)nc1C(C)(C)C)c1ccccc1Cl. The molecule has 114 valence electrons. The minimum absolute atomic E-state index is 0.0475. The third kappa shape index (κ3) is 3.86. The molecule has 1 atom stereocenters. The lowest BCUT2D eigenvalue weighted by molar-refractivity contribution is 0.531. The number of hydrogen-bond donors (Lipinski definition) is 1. The smallest absolute Gasteiger partial charge is 0.0722 e. The Labute approximate surface area is 132 Å². The lowest BCUT2D eigenvalue weighted by Gasteiger charge is -2.19. The Kier molecular flexibility index (Phi) is 4.74. The van der Waals surface area contributed by atoms with E-state index in [0.717, 1.165) is 22.8 Å². The quantitative estimate of drug-likeness (QED) is 0.916. The van der Waals surface area contributed by atoms with Gasteiger partial charge in [0.1, 0.15) is 0 Å². The second kappa shape index (κ2) is 6.20. The van der Waals surface area contributed by atoms with E-state index in [1.54, 1.807) is 0 Å². The number of hydrogen-bond acceptors (Lipinski definition) is 2. The summed E-state index contributed by atoms with van der Waals surface area (Å²) in [5, 5.41) is 8.95. The van der Waals surface area contributed by atoms with Gasteiger partial charge in [0.25, 0.3) is 0 Å². The van der Waals surface area contributed by atoms with Crippen LogP contribution in [0.2, 0.25) is 5.02 Å². The van der Waals surface area contributed by atoms with Crippen molar-refractivity contribution < 1.29 is 0 Å². The third-order valence-electron chi connectivity index (χ3n) is 3.59. The van der Waals surface area contributed by atoms with Crippen molar-refractivity contribution in [1.29, 1.82) is 0 Å². The van der Waals surface area contributed by atoms with Crippen LogP contribution in [0.4, 0.5) is 0 Å². The first-order valence-electron chi connectivity index (χ1n) is 7.30. The summed E-state index contributed by atoms with van der Waals surface area (Å²) in [6.45, 7) is 9.49. The van der Waals surface area contributed by atoms with Crippen molar-refractivity contribution in [1.82, 2.24) is 15.1 Å². The number of benzene rings is 1. The highest BCUT2D eigenvalue weighted by Gasteiger charge is 2.22. The average Bonchev–Trinajstić information content (AvgIpc) is 2.78. The highest BCUT2D eigenvalue weighted by Crippen LogP contribution is 2.26. The first-order valence-corrected chi connectivity index (χ1v) is 7.67. The van der Waals surface area contributed by atoms with Gasteiger partial charge < -0.3 is 5.32 Å². The molecule has 0 bridgehead atoms.